The highest BCUT2D eigenvalue weighted by Gasteiger charge is 2.31. The Labute approximate surface area is 239 Å². The van der Waals surface area contributed by atoms with E-state index in [4.69, 9.17) is 4.74 Å². The molecule has 4 amide bonds. The van der Waals surface area contributed by atoms with E-state index in [2.05, 4.69) is 21.2 Å². The fourth-order valence-electron chi connectivity index (χ4n) is 4.76. The Morgan fingerprint density at radius 2 is 1.68 bits per heavy atom. The Kier molecular flexibility index (Phi) is 9.01. The van der Waals surface area contributed by atoms with E-state index in [1.807, 2.05) is 48.5 Å². The Morgan fingerprint density at radius 1 is 0.976 bits per heavy atom. The van der Waals surface area contributed by atoms with Crippen molar-refractivity contribution >= 4 is 29.5 Å². The summed E-state index contributed by atoms with van der Waals surface area (Å²) in [6.07, 6.45) is 3.64. The van der Waals surface area contributed by atoms with Gasteiger partial charge < -0.3 is 15.0 Å². The van der Waals surface area contributed by atoms with E-state index in [-0.39, 0.29) is 12.3 Å². The number of hydrogen-bond acceptors (Lipinski definition) is 6. The smallest absolute Gasteiger partial charge is 0.407 e. The van der Waals surface area contributed by atoms with E-state index >= 15 is 0 Å². The molecule has 1 aliphatic rings. The molecule has 0 radical (unpaired) electrons. The zero-order valence-corrected chi connectivity index (χ0v) is 23.7. The molecule has 10 heteroatoms. The van der Waals surface area contributed by atoms with Crippen molar-refractivity contribution in [1.29, 1.82) is 0 Å². The molecule has 0 spiro atoms. The molecule has 10 nitrogen and oxygen atoms in total. The third kappa shape index (κ3) is 7.91. The van der Waals surface area contributed by atoms with Crippen LogP contribution in [-0.2, 0) is 27.2 Å². The van der Waals surface area contributed by atoms with Gasteiger partial charge >= 0.3 is 6.09 Å². The lowest BCUT2D eigenvalue weighted by Crippen LogP contribution is -2.43. The Hall–Kier alpha value is -4.73. The number of amides is 4. The van der Waals surface area contributed by atoms with Crippen LogP contribution in [0.3, 0.4) is 0 Å². The number of hydrogen-bond donors (Lipinski definition) is 3. The molecule has 2 heterocycles. The first-order chi connectivity index (χ1) is 19.5. The lowest BCUT2D eigenvalue weighted by Gasteiger charge is -2.25. The van der Waals surface area contributed by atoms with Crippen molar-refractivity contribution in [3.63, 3.8) is 0 Å². The number of nitrogens with zero attached hydrogens (tertiary/aromatic N) is 2. The minimum Gasteiger partial charge on any atom is -0.444 e. The highest BCUT2D eigenvalue weighted by molar-refractivity contribution is 6.04. The number of benzene rings is 2. The summed E-state index contributed by atoms with van der Waals surface area (Å²) >= 11 is 0. The van der Waals surface area contributed by atoms with Gasteiger partial charge in [-0.05, 0) is 80.1 Å². The summed E-state index contributed by atoms with van der Waals surface area (Å²) in [7, 11) is 0. The number of rotatable bonds is 7. The maximum atomic E-state index is 13.8. The SMILES string of the molecule is CC(=O)NNC(=O)c1cc(-c2ccncc2)cc2c1CCN2C(=O)CC(Cc1ccccc1)NC(=O)OC(C)(C)C. The summed E-state index contributed by atoms with van der Waals surface area (Å²) in [5.74, 6) is -1.07. The predicted molar refractivity (Wildman–Crippen MR) is 155 cm³/mol. The largest absolute Gasteiger partial charge is 0.444 e. The second-order valence-corrected chi connectivity index (χ2v) is 10.9. The Bertz CT molecular complexity index is 1420. The first-order valence-corrected chi connectivity index (χ1v) is 13.5. The molecule has 41 heavy (non-hydrogen) atoms. The van der Waals surface area contributed by atoms with Gasteiger partial charge in [-0.3, -0.25) is 30.2 Å². The van der Waals surface area contributed by atoms with Crippen molar-refractivity contribution in [3.8, 4) is 11.1 Å². The summed E-state index contributed by atoms with van der Waals surface area (Å²) in [6.45, 7) is 7.02. The fourth-order valence-corrected chi connectivity index (χ4v) is 4.76. The molecule has 3 N–H and O–H groups in total. The van der Waals surface area contributed by atoms with Crippen LogP contribution in [0.1, 0.15) is 55.6 Å². The molecule has 214 valence electrons. The number of nitrogens with one attached hydrogen (secondary N) is 3. The van der Waals surface area contributed by atoms with Crippen LogP contribution in [0, 0.1) is 0 Å². The van der Waals surface area contributed by atoms with Crippen molar-refractivity contribution in [3.05, 3.63) is 83.7 Å². The normalized spacial score (nSPS) is 13.1. The quantitative estimate of drug-likeness (QED) is 0.377. The summed E-state index contributed by atoms with van der Waals surface area (Å²) in [5, 5.41) is 2.87. The fraction of sp³-hybridized carbons (Fsp3) is 0.323. The van der Waals surface area contributed by atoms with E-state index < -0.39 is 29.6 Å². The molecule has 3 aromatic rings. The molecular weight excluding hydrogens is 522 g/mol. The monoisotopic (exact) mass is 557 g/mol. The van der Waals surface area contributed by atoms with Crippen molar-refractivity contribution in [1.82, 2.24) is 21.2 Å². The van der Waals surface area contributed by atoms with Crippen LogP contribution >= 0.6 is 0 Å². The first kappa shape index (κ1) is 29.3. The highest BCUT2D eigenvalue weighted by Crippen LogP contribution is 2.36. The zero-order chi connectivity index (χ0) is 29.6. The van der Waals surface area contributed by atoms with E-state index in [1.54, 1.807) is 44.1 Å². The van der Waals surface area contributed by atoms with E-state index in [9.17, 15) is 19.2 Å². The van der Waals surface area contributed by atoms with E-state index in [0.717, 1.165) is 16.7 Å². The summed E-state index contributed by atoms with van der Waals surface area (Å²) in [5.41, 5.74) is 8.30. The van der Waals surface area contributed by atoms with Gasteiger partial charge in [0.1, 0.15) is 5.60 Å². The van der Waals surface area contributed by atoms with Gasteiger partial charge in [0.05, 0.1) is 0 Å². The molecule has 0 aliphatic carbocycles. The van der Waals surface area contributed by atoms with Gasteiger partial charge in [0.15, 0.2) is 0 Å². The Balaban J connectivity index is 1.63. The van der Waals surface area contributed by atoms with Crippen LogP contribution in [0.25, 0.3) is 11.1 Å². The average molecular weight is 558 g/mol. The maximum absolute atomic E-state index is 13.8. The van der Waals surface area contributed by atoms with Crippen LogP contribution in [-0.4, -0.2) is 47.0 Å². The van der Waals surface area contributed by atoms with Gasteiger partial charge in [0.2, 0.25) is 11.8 Å². The number of fused-ring (bicyclic) bond motifs is 1. The number of anilines is 1. The molecule has 0 saturated carbocycles. The minimum atomic E-state index is -0.684. The Morgan fingerprint density at radius 3 is 2.34 bits per heavy atom. The minimum absolute atomic E-state index is 0.0283. The summed E-state index contributed by atoms with van der Waals surface area (Å²) in [4.78, 5) is 56.7. The number of hydrazine groups is 1. The number of ether oxygens (including phenoxy) is 1. The summed E-state index contributed by atoms with van der Waals surface area (Å²) in [6, 6.07) is 16.4. The van der Waals surface area contributed by atoms with Gasteiger partial charge in [-0.2, -0.15) is 0 Å². The van der Waals surface area contributed by atoms with Crippen molar-refractivity contribution in [2.45, 2.75) is 58.6 Å². The lowest BCUT2D eigenvalue weighted by atomic mass is 9.97. The van der Waals surface area contributed by atoms with Gasteiger partial charge in [-0.25, -0.2) is 4.79 Å². The number of alkyl carbamates (subject to hydrolysis) is 1. The van der Waals surface area contributed by atoms with Gasteiger partial charge in [-0.1, -0.05) is 30.3 Å². The third-order valence-corrected chi connectivity index (χ3v) is 6.48. The van der Waals surface area contributed by atoms with E-state index in [1.165, 1.54) is 6.92 Å². The molecule has 1 aromatic heterocycles. The van der Waals surface area contributed by atoms with Crippen LogP contribution in [0.5, 0.6) is 0 Å². The first-order valence-electron chi connectivity index (χ1n) is 13.5. The number of carbonyl (C=O) groups is 4. The van der Waals surface area contributed by atoms with Crippen LogP contribution in [0.15, 0.2) is 67.0 Å². The molecule has 0 fully saturated rings. The second kappa shape index (κ2) is 12.6. The van der Waals surface area contributed by atoms with Crippen molar-refractivity contribution < 1.29 is 23.9 Å². The number of aromatic nitrogens is 1. The number of pyridine rings is 1. The lowest BCUT2D eigenvalue weighted by molar-refractivity contribution is -0.120. The van der Waals surface area contributed by atoms with Gasteiger partial charge in [0, 0.05) is 49.6 Å². The third-order valence-electron chi connectivity index (χ3n) is 6.48. The second-order valence-electron chi connectivity index (χ2n) is 10.9. The number of carbonyl (C=O) groups excluding carboxylic acids is 4. The van der Waals surface area contributed by atoms with Crippen LogP contribution < -0.4 is 21.1 Å². The van der Waals surface area contributed by atoms with Crippen LogP contribution in [0.4, 0.5) is 10.5 Å². The molecule has 1 aliphatic heterocycles. The molecular formula is C31H35N5O5. The van der Waals surface area contributed by atoms with Gasteiger partial charge in [-0.15, -0.1) is 0 Å². The highest BCUT2D eigenvalue weighted by atomic mass is 16.6. The molecule has 4 rings (SSSR count). The van der Waals surface area contributed by atoms with Crippen molar-refractivity contribution in [2.75, 3.05) is 11.4 Å². The zero-order valence-electron chi connectivity index (χ0n) is 23.7. The summed E-state index contributed by atoms with van der Waals surface area (Å²) < 4.78 is 5.46. The average Bonchev–Trinajstić information content (AvgIpc) is 3.35. The van der Waals surface area contributed by atoms with E-state index in [0.29, 0.717) is 36.2 Å². The molecule has 2 aromatic carbocycles. The van der Waals surface area contributed by atoms with Crippen LogP contribution in [0.2, 0.25) is 0 Å². The van der Waals surface area contributed by atoms with Crippen molar-refractivity contribution in [2.24, 2.45) is 0 Å². The topological polar surface area (TPSA) is 130 Å². The van der Waals surface area contributed by atoms with Gasteiger partial charge in [0.25, 0.3) is 5.91 Å². The molecule has 0 bridgehead atoms. The molecule has 0 saturated heterocycles. The predicted octanol–water partition coefficient (Wildman–Crippen LogP) is 3.94. The molecule has 1 unspecified atom stereocenters. The standard InChI is InChI=1S/C31H35N5O5/c1-20(37)34-35-29(39)26-17-23(22-10-13-32-14-11-22)18-27-25(26)12-15-36(27)28(38)19-24(16-21-8-6-5-7-9-21)33-30(40)41-31(2,3)4/h5-11,13-14,17-18,24H,12,15-16,19H2,1-4H3,(H,33,40)(H,34,37)(H,35,39). The molecule has 1 atom stereocenters. The maximum Gasteiger partial charge on any atom is 0.407 e.